The summed E-state index contributed by atoms with van der Waals surface area (Å²) in [5, 5.41) is 29.2. The lowest BCUT2D eigenvalue weighted by Crippen LogP contribution is -2.56. The highest BCUT2D eigenvalue weighted by Crippen LogP contribution is 2.30. The molecule has 1 aromatic heterocycles. The first kappa shape index (κ1) is 19.3. The second kappa shape index (κ2) is 7.67. The second-order valence-electron chi connectivity index (χ2n) is 7.18. The third kappa shape index (κ3) is 4.46. The average molecular weight is 375 g/mol. The molecule has 3 N–H and O–H groups in total. The normalized spacial score (nSPS) is 31.2. The predicted octanol–water partition coefficient (Wildman–Crippen LogP) is 0.715. The van der Waals surface area contributed by atoms with E-state index in [-0.39, 0.29) is 19.0 Å². The second-order valence-corrected chi connectivity index (χ2v) is 7.18. The molecular formula is C17H24F3N3O3. The molecule has 146 valence electrons. The summed E-state index contributed by atoms with van der Waals surface area (Å²) >= 11 is 0. The van der Waals surface area contributed by atoms with Crippen LogP contribution in [0.15, 0.2) is 18.2 Å². The minimum Gasteiger partial charge on any atom is -0.389 e. The highest BCUT2D eigenvalue weighted by atomic mass is 19.4. The fourth-order valence-electron chi connectivity index (χ4n) is 3.77. The third-order valence-electron chi connectivity index (χ3n) is 5.06. The van der Waals surface area contributed by atoms with Crippen molar-refractivity contribution in [3.8, 4) is 0 Å². The zero-order valence-corrected chi connectivity index (χ0v) is 14.3. The largest absolute Gasteiger partial charge is 0.433 e. The Morgan fingerprint density at radius 1 is 1.08 bits per heavy atom. The molecule has 26 heavy (non-hydrogen) atoms. The molecule has 4 atom stereocenters. The van der Waals surface area contributed by atoms with E-state index in [1.54, 1.807) is 6.07 Å². The minimum absolute atomic E-state index is 0.190. The SMILES string of the molecule is O[C@H]1[C@H](O)CN(C[C@@H]2CCCN(c3cccc(C(F)(F)F)n3)C2)C[C@@H]1O. The van der Waals surface area contributed by atoms with Crippen LogP contribution in [-0.4, -0.2) is 76.2 Å². The Balaban J connectivity index is 1.63. The van der Waals surface area contributed by atoms with Gasteiger partial charge in [-0.2, -0.15) is 13.2 Å². The van der Waals surface area contributed by atoms with Gasteiger partial charge in [-0.25, -0.2) is 4.98 Å². The van der Waals surface area contributed by atoms with E-state index in [0.717, 1.165) is 18.9 Å². The maximum Gasteiger partial charge on any atom is 0.433 e. The molecule has 0 aliphatic carbocycles. The Morgan fingerprint density at radius 3 is 2.42 bits per heavy atom. The Kier molecular flexibility index (Phi) is 5.71. The van der Waals surface area contributed by atoms with Crippen LogP contribution in [0.3, 0.4) is 0 Å². The monoisotopic (exact) mass is 375 g/mol. The third-order valence-corrected chi connectivity index (χ3v) is 5.06. The number of anilines is 1. The standard InChI is InChI=1S/C17H24F3N3O3/c18-17(19,20)14-4-1-5-15(21-14)23-6-2-3-11(8-23)7-22-9-12(24)16(26)13(25)10-22/h1,4-5,11-13,16,24-26H,2-3,6-10H2/t11-,12-,13+,16+/m0/s1. The molecular weight excluding hydrogens is 351 g/mol. The maximum absolute atomic E-state index is 12.9. The van der Waals surface area contributed by atoms with Crippen molar-refractivity contribution in [2.45, 2.75) is 37.3 Å². The molecule has 2 aliphatic heterocycles. The zero-order valence-electron chi connectivity index (χ0n) is 14.3. The van der Waals surface area contributed by atoms with Crippen molar-refractivity contribution in [1.82, 2.24) is 9.88 Å². The Labute approximate surface area is 149 Å². The molecule has 0 aromatic carbocycles. The molecule has 0 saturated carbocycles. The van der Waals surface area contributed by atoms with Crippen LogP contribution in [-0.2, 0) is 6.18 Å². The Hall–Kier alpha value is -1.42. The van der Waals surface area contributed by atoms with Gasteiger partial charge < -0.3 is 20.2 Å². The van der Waals surface area contributed by atoms with Crippen molar-refractivity contribution in [2.75, 3.05) is 37.6 Å². The van der Waals surface area contributed by atoms with Gasteiger partial charge in [-0.1, -0.05) is 6.07 Å². The van der Waals surface area contributed by atoms with E-state index in [2.05, 4.69) is 4.98 Å². The number of piperidine rings is 2. The molecule has 0 spiro atoms. The summed E-state index contributed by atoms with van der Waals surface area (Å²) in [5.74, 6) is 0.508. The molecule has 0 unspecified atom stereocenters. The van der Waals surface area contributed by atoms with E-state index < -0.39 is 30.2 Å². The van der Waals surface area contributed by atoms with E-state index >= 15 is 0 Å². The lowest BCUT2D eigenvalue weighted by atomic mass is 9.95. The lowest BCUT2D eigenvalue weighted by Gasteiger charge is -2.41. The zero-order chi connectivity index (χ0) is 18.9. The van der Waals surface area contributed by atoms with Gasteiger partial charge in [0, 0.05) is 32.7 Å². The summed E-state index contributed by atoms with van der Waals surface area (Å²) in [6.07, 6.45) is -5.84. The highest BCUT2D eigenvalue weighted by molar-refractivity contribution is 5.40. The molecule has 2 fully saturated rings. The van der Waals surface area contributed by atoms with Gasteiger partial charge in [-0.05, 0) is 30.9 Å². The smallest absolute Gasteiger partial charge is 0.389 e. The fourth-order valence-corrected chi connectivity index (χ4v) is 3.77. The predicted molar refractivity (Wildman–Crippen MR) is 88.6 cm³/mol. The van der Waals surface area contributed by atoms with Crippen LogP contribution in [0.5, 0.6) is 0 Å². The minimum atomic E-state index is -4.47. The number of nitrogens with zero attached hydrogens (tertiary/aromatic N) is 3. The number of halogens is 3. The van der Waals surface area contributed by atoms with Gasteiger partial charge in [0.05, 0.1) is 12.2 Å². The van der Waals surface area contributed by atoms with Crippen molar-refractivity contribution in [3.05, 3.63) is 23.9 Å². The number of pyridine rings is 1. The van der Waals surface area contributed by atoms with Gasteiger partial charge >= 0.3 is 6.18 Å². The van der Waals surface area contributed by atoms with E-state index in [1.165, 1.54) is 6.07 Å². The molecule has 0 bridgehead atoms. The van der Waals surface area contributed by atoms with Crippen molar-refractivity contribution >= 4 is 5.82 Å². The van der Waals surface area contributed by atoms with Crippen molar-refractivity contribution in [2.24, 2.45) is 5.92 Å². The molecule has 9 heteroatoms. The summed E-state index contributed by atoms with van der Waals surface area (Å²) in [7, 11) is 0. The number of likely N-dealkylation sites (tertiary alicyclic amines) is 1. The topological polar surface area (TPSA) is 80.1 Å². The summed E-state index contributed by atoms with van der Waals surface area (Å²) < 4.78 is 38.6. The fraction of sp³-hybridized carbons (Fsp3) is 0.706. The van der Waals surface area contributed by atoms with Gasteiger partial charge in [0.1, 0.15) is 17.6 Å². The molecule has 6 nitrogen and oxygen atoms in total. The summed E-state index contributed by atoms with van der Waals surface area (Å²) in [6.45, 7) is 2.37. The number of rotatable bonds is 3. The molecule has 2 saturated heterocycles. The molecule has 3 rings (SSSR count). The number of hydrogen-bond acceptors (Lipinski definition) is 6. The van der Waals surface area contributed by atoms with Gasteiger partial charge in [0.2, 0.25) is 0 Å². The van der Waals surface area contributed by atoms with Crippen LogP contribution in [0, 0.1) is 5.92 Å². The van der Waals surface area contributed by atoms with Crippen LogP contribution >= 0.6 is 0 Å². The van der Waals surface area contributed by atoms with E-state index in [4.69, 9.17) is 0 Å². The summed E-state index contributed by atoms with van der Waals surface area (Å²) in [6, 6.07) is 3.92. The molecule has 0 radical (unpaired) electrons. The highest BCUT2D eigenvalue weighted by Gasteiger charge is 2.35. The van der Waals surface area contributed by atoms with Gasteiger partial charge in [0.15, 0.2) is 0 Å². The molecule has 3 heterocycles. The van der Waals surface area contributed by atoms with Crippen molar-refractivity contribution in [3.63, 3.8) is 0 Å². The van der Waals surface area contributed by atoms with Crippen LogP contribution in [0.1, 0.15) is 18.5 Å². The van der Waals surface area contributed by atoms with Gasteiger partial charge in [-0.3, -0.25) is 4.90 Å². The first-order valence-corrected chi connectivity index (χ1v) is 8.80. The van der Waals surface area contributed by atoms with Crippen molar-refractivity contribution < 1.29 is 28.5 Å². The molecule has 2 aliphatic rings. The number of aliphatic hydroxyl groups excluding tert-OH is 3. The maximum atomic E-state index is 12.9. The summed E-state index contributed by atoms with van der Waals surface area (Å²) in [4.78, 5) is 7.51. The average Bonchev–Trinajstić information content (AvgIpc) is 2.59. The van der Waals surface area contributed by atoms with Crippen molar-refractivity contribution in [1.29, 1.82) is 0 Å². The summed E-state index contributed by atoms with van der Waals surface area (Å²) in [5.41, 5.74) is -0.895. The number of alkyl halides is 3. The molecule has 0 amide bonds. The first-order chi connectivity index (χ1) is 12.2. The number of aliphatic hydroxyl groups is 3. The van der Waals surface area contributed by atoms with Gasteiger partial charge in [-0.15, -0.1) is 0 Å². The Bertz CT molecular complexity index is 604. The van der Waals surface area contributed by atoms with Gasteiger partial charge in [0.25, 0.3) is 0 Å². The van der Waals surface area contributed by atoms with Crippen LogP contribution in [0.25, 0.3) is 0 Å². The van der Waals surface area contributed by atoms with Crippen LogP contribution < -0.4 is 4.90 Å². The molecule has 1 aromatic rings. The van der Waals surface area contributed by atoms with E-state index in [1.807, 2.05) is 9.80 Å². The van der Waals surface area contributed by atoms with Crippen LogP contribution in [0.2, 0.25) is 0 Å². The van der Waals surface area contributed by atoms with E-state index in [0.29, 0.717) is 25.5 Å². The van der Waals surface area contributed by atoms with E-state index in [9.17, 15) is 28.5 Å². The number of aromatic nitrogens is 1. The Morgan fingerprint density at radius 2 is 1.77 bits per heavy atom. The first-order valence-electron chi connectivity index (χ1n) is 8.80. The van der Waals surface area contributed by atoms with Crippen LogP contribution in [0.4, 0.5) is 19.0 Å². The lowest BCUT2D eigenvalue weighted by molar-refractivity contribution is -0.141. The quantitative estimate of drug-likeness (QED) is 0.722. The number of β-amino-alcohol motifs (C(OH)–C–C–N with tert-alkyl or cyclic N) is 2. The number of hydrogen-bond donors (Lipinski definition) is 3.